The molecule has 1 aliphatic rings. The first-order valence-electron chi connectivity index (χ1n) is 6.92. The molecule has 1 fully saturated rings. The van der Waals surface area contributed by atoms with Crippen LogP contribution in [0.2, 0.25) is 0 Å². The quantitative estimate of drug-likeness (QED) is 0.179. The normalized spacial score (nSPS) is 23.4. The summed E-state index contributed by atoms with van der Waals surface area (Å²) in [6.07, 6.45) is 12.4. The van der Waals surface area contributed by atoms with Gasteiger partial charge in [0.2, 0.25) is 0 Å². The van der Waals surface area contributed by atoms with Crippen molar-refractivity contribution in [1.29, 1.82) is 0 Å². The second-order valence-electron chi connectivity index (χ2n) is 4.97. The zero-order chi connectivity index (χ0) is 12.2. The maximum Gasteiger partial charge on any atom is 1.00 e. The first-order chi connectivity index (χ1) is 7.74. The molecule has 19 heavy (non-hydrogen) atoms. The zero-order valence-electron chi connectivity index (χ0n) is 13.4. The van der Waals surface area contributed by atoms with Gasteiger partial charge in [0.1, 0.15) is 0 Å². The molecule has 2 atom stereocenters. The molecular formula is C16H32CmIK-2. The molecule has 0 aromatic rings. The summed E-state index contributed by atoms with van der Waals surface area (Å²) in [4.78, 5) is 0. The number of hydrogen-bond donors (Lipinski definition) is 0. The molecule has 0 spiro atoms. The predicted molar refractivity (Wildman–Crippen MR) is 90.2 cm³/mol. The van der Waals surface area contributed by atoms with Gasteiger partial charge in [-0.3, -0.25) is 0 Å². The van der Waals surface area contributed by atoms with Gasteiger partial charge in [0.25, 0.3) is 0 Å². The van der Waals surface area contributed by atoms with Crippen molar-refractivity contribution in [1.82, 2.24) is 0 Å². The van der Waals surface area contributed by atoms with Crippen LogP contribution in [0.15, 0.2) is 0 Å². The molecule has 1 aliphatic carbocycles. The minimum absolute atomic E-state index is 0. The van der Waals surface area contributed by atoms with Crippen molar-refractivity contribution >= 4 is 22.6 Å². The summed E-state index contributed by atoms with van der Waals surface area (Å²) in [5.41, 5.74) is 0. The Bertz CT molecular complexity index is 145. The van der Waals surface area contributed by atoms with Gasteiger partial charge >= 0.3 is 51.4 Å². The molecular weight excluding hydrogens is 605 g/mol. The van der Waals surface area contributed by atoms with Crippen LogP contribution in [-0.4, -0.2) is 4.43 Å². The maximum absolute atomic E-state index is 4.27. The van der Waals surface area contributed by atoms with Crippen LogP contribution in [0, 0.1) is 33.1 Å². The zero-order valence-corrected chi connectivity index (χ0v) is 21.6. The molecule has 114 valence electrons. The van der Waals surface area contributed by atoms with Gasteiger partial charge in [0.05, 0.1) is 0 Å². The van der Waals surface area contributed by atoms with Gasteiger partial charge in [-0.05, 0) is 12.3 Å². The molecule has 0 bridgehead atoms. The van der Waals surface area contributed by atoms with Crippen LogP contribution in [0.25, 0.3) is 0 Å². The number of rotatable bonds is 1. The molecule has 3 heteroatoms. The van der Waals surface area contributed by atoms with E-state index in [1.54, 1.807) is 0 Å². The third kappa shape index (κ3) is 19.4. The van der Waals surface area contributed by atoms with E-state index >= 15 is 0 Å². The van der Waals surface area contributed by atoms with Crippen molar-refractivity contribution in [3.05, 3.63) is 21.3 Å². The SMILES string of the molecule is [CH2-]C1CCCCCCCC(CI)C1.[CH2-]CC.[CH3-].[Cm].[K+]. The molecule has 0 N–H and O–H groups in total. The van der Waals surface area contributed by atoms with Gasteiger partial charge in [-0.1, -0.05) is 74.5 Å². The Morgan fingerprint density at radius 1 is 1.05 bits per heavy atom. The van der Waals surface area contributed by atoms with Crippen LogP contribution in [0.1, 0.15) is 64.7 Å². The van der Waals surface area contributed by atoms with Crippen LogP contribution < -0.4 is 51.4 Å². The van der Waals surface area contributed by atoms with Crippen LogP contribution in [0.4, 0.5) is 0 Å². The topological polar surface area (TPSA) is 0 Å². The van der Waals surface area contributed by atoms with E-state index in [1.165, 1.54) is 55.8 Å². The van der Waals surface area contributed by atoms with E-state index in [-0.39, 0.29) is 58.8 Å². The molecule has 0 aromatic carbocycles. The second kappa shape index (κ2) is 21.7. The average Bonchev–Trinajstić information content (AvgIpc) is 2.27. The van der Waals surface area contributed by atoms with Gasteiger partial charge in [0.15, 0.2) is 0 Å². The molecule has 0 radical (unpaired) electrons. The van der Waals surface area contributed by atoms with Crippen molar-refractivity contribution in [3.63, 3.8) is 0 Å². The van der Waals surface area contributed by atoms with Crippen molar-refractivity contribution in [3.8, 4) is 0 Å². The molecule has 0 aromatic heterocycles. The van der Waals surface area contributed by atoms with Crippen molar-refractivity contribution in [2.45, 2.75) is 64.7 Å². The summed E-state index contributed by atoms with van der Waals surface area (Å²) in [5.74, 6) is 1.69. The number of halogens is 1. The molecule has 1 rings (SSSR count). The van der Waals surface area contributed by atoms with Crippen LogP contribution in [0.3, 0.4) is 0 Å². The first-order valence-corrected chi connectivity index (χ1v) is 8.45. The van der Waals surface area contributed by atoms with Gasteiger partial charge in [0, 0.05) is 4.43 Å². The molecule has 0 heterocycles. The third-order valence-corrected chi connectivity index (χ3v) is 4.36. The largest absolute Gasteiger partial charge is 1.00 e. The predicted octanol–water partition coefficient (Wildman–Crippen LogP) is 3.31. The molecule has 0 saturated heterocycles. The number of hydrogen-bond acceptors (Lipinski definition) is 0. The van der Waals surface area contributed by atoms with E-state index in [2.05, 4.69) is 36.4 Å². The minimum Gasteiger partial charge on any atom is -0.358 e. The van der Waals surface area contributed by atoms with Crippen LogP contribution >= 0.6 is 22.6 Å². The Kier molecular flexibility index (Phi) is 32.5. The summed E-state index contributed by atoms with van der Waals surface area (Å²) >= 11 is 2.54. The molecule has 0 nitrogen and oxygen atoms in total. The van der Waals surface area contributed by atoms with E-state index in [4.69, 9.17) is 0 Å². The second-order valence-corrected chi connectivity index (χ2v) is 5.85. The van der Waals surface area contributed by atoms with Crippen LogP contribution in [-0.2, 0) is 0 Å². The molecule has 1 saturated carbocycles. The summed E-state index contributed by atoms with van der Waals surface area (Å²) in [6.45, 7) is 9.77. The Labute approximate surface area is 173 Å². The van der Waals surface area contributed by atoms with E-state index in [0.29, 0.717) is 0 Å². The van der Waals surface area contributed by atoms with Gasteiger partial charge < -0.3 is 21.3 Å². The Morgan fingerprint density at radius 2 is 1.47 bits per heavy atom. The van der Waals surface area contributed by atoms with Gasteiger partial charge in [-0.2, -0.15) is 12.3 Å². The smallest absolute Gasteiger partial charge is 0.358 e. The summed E-state index contributed by atoms with van der Waals surface area (Å²) in [6, 6.07) is 0. The van der Waals surface area contributed by atoms with Gasteiger partial charge in [-0.15, -0.1) is 0 Å². The van der Waals surface area contributed by atoms with Gasteiger partial charge in [-0.25, -0.2) is 0 Å². The number of alkyl halides is 1. The van der Waals surface area contributed by atoms with Crippen molar-refractivity contribution in [2.24, 2.45) is 11.8 Å². The van der Waals surface area contributed by atoms with E-state index in [9.17, 15) is 0 Å². The Morgan fingerprint density at radius 3 is 1.95 bits per heavy atom. The fourth-order valence-corrected chi connectivity index (χ4v) is 3.04. The molecule has 0 amide bonds. The first kappa shape index (κ1) is 28.5. The molecule has 2 unspecified atom stereocenters. The average molecular weight is 637 g/mol. The third-order valence-electron chi connectivity index (χ3n) is 3.11. The fourth-order valence-electron chi connectivity index (χ4n) is 2.24. The maximum atomic E-state index is 4.27. The Hall–Kier alpha value is 1.37. The summed E-state index contributed by atoms with van der Waals surface area (Å²) in [7, 11) is 0. The standard InChI is InChI=1S/C12H22I.C3H7.CH3.Cm.K/c1-11-7-5-3-2-4-6-8-12(9-11)10-13;1-3-2;;;/h11-12H,1-10H2;1,3H2,2H3;1H3;;/q3*-1;;+1. The molecule has 0 aliphatic heterocycles. The summed E-state index contributed by atoms with van der Waals surface area (Å²) < 4.78 is 1.34. The summed E-state index contributed by atoms with van der Waals surface area (Å²) in [5, 5.41) is 0. The Balaban J connectivity index is -0.000000172. The van der Waals surface area contributed by atoms with Crippen molar-refractivity contribution < 1.29 is 51.4 Å². The van der Waals surface area contributed by atoms with E-state index < -0.39 is 0 Å². The van der Waals surface area contributed by atoms with E-state index in [1.807, 2.05) is 6.92 Å². The van der Waals surface area contributed by atoms with Crippen LogP contribution in [0.5, 0.6) is 0 Å². The van der Waals surface area contributed by atoms with Crippen molar-refractivity contribution in [2.75, 3.05) is 4.43 Å². The fraction of sp³-hybridized carbons (Fsp3) is 0.812. The van der Waals surface area contributed by atoms with E-state index in [0.717, 1.165) is 18.3 Å². The minimum atomic E-state index is 0. The monoisotopic (exact) mass is 633 g/mol.